The van der Waals surface area contributed by atoms with Crippen LogP contribution < -0.4 is 11.0 Å². The highest BCUT2D eigenvalue weighted by atomic mass is 16.6. The highest BCUT2D eigenvalue weighted by Crippen LogP contribution is 2.27. The molecular formula is C12H18N4O6. The van der Waals surface area contributed by atoms with E-state index in [0.29, 0.717) is 0 Å². The van der Waals surface area contributed by atoms with Crippen LogP contribution in [0.3, 0.4) is 0 Å². The fourth-order valence-electron chi connectivity index (χ4n) is 1.94. The van der Waals surface area contributed by atoms with Crippen molar-refractivity contribution in [2.24, 2.45) is 5.92 Å². The molecule has 1 aromatic heterocycles. The van der Waals surface area contributed by atoms with E-state index in [2.05, 4.69) is 15.3 Å². The van der Waals surface area contributed by atoms with Crippen molar-refractivity contribution >= 4 is 11.9 Å². The van der Waals surface area contributed by atoms with Gasteiger partial charge in [-0.25, -0.2) is 9.78 Å². The summed E-state index contributed by atoms with van der Waals surface area (Å²) in [5.74, 6) is -0.803. The molecule has 2 unspecified atom stereocenters. The molecule has 1 fully saturated rings. The molecule has 0 spiro atoms. The van der Waals surface area contributed by atoms with E-state index < -0.39 is 36.8 Å². The van der Waals surface area contributed by atoms with Crippen molar-refractivity contribution in [3.8, 4) is 0 Å². The standard InChI is InChI=1S/C12H18N4O6/c1-5(2)9(20)14-11-13-4-16(12(21)15-11)10-8(19)7(18)6(3-17)22-10/h4-8,10,17-19H,3H2,1-2H3,(H,14,15,20,21)/t6-,7?,8?,10-/m1/s1. The highest BCUT2D eigenvalue weighted by Gasteiger charge is 2.43. The van der Waals surface area contributed by atoms with E-state index in [1.54, 1.807) is 13.8 Å². The molecule has 0 aromatic carbocycles. The van der Waals surface area contributed by atoms with Gasteiger partial charge in [0, 0.05) is 5.92 Å². The maximum atomic E-state index is 12.0. The highest BCUT2D eigenvalue weighted by molar-refractivity contribution is 5.90. The Labute approximate surface area is 125 Å². The van der Waals surface area contributed by atoms with Crippen molar-refractivity contribution in [3.63, 3.8) is 0 Å². The number of hydrogen-bond donors (Lipinski definition) is 4. The van der Waals surface area contributed by atoms with Crippen LogP contribution in [0, 0.1) is 5.92 Å². The van der Waals surface area contributed by atoms with E-state index in [1.165, 1.54) is 0 Å². The monoisotopic (exact) mass is 314 g/mol. The molecule has 4 atom stereocenters. The van der Waals surface area contributed by atoms with Gasteiger partial charge in [-0.1, -0.05) is 13.8 Å². The van der Waals surface area contributed by atoms with Crippen LogP contribution in [0.5, 0.6) is 0 Å². The Bertz CT molecular complexity index is 604. The maximum absolute atomic E-state index is 12.0. The van der Waals surface area contributed by atoms with E-state index in [9.17, 15) is 19.8 Å². The largest absolute Gasteiger partial charge is 0.394 e. The molecule has 1 saturated heterocycles. The predicted molar refractivity (Wildman–Crippen MR) is 72.8 cm³/mol. The molecular weight excluding hydrogens is 296 g/mol. The molecule has 0 bridgehead atoms. The summed E-state index contributed by atoms with van der Waals surface area (Å²) in [6, 6.07) is 0. The van der Waals surface area contributed by atoms with Crippen LogP contribution in [0.4, 0.5) is 5.95 Å². The van der Waals surface area contributed by atoms with Crippen LogP contribution in [-0.2, 0) is 9.53 Å². The predicted octanol–water partition coefficient (Wildman–Crippen LogP) is -2.16. The molecule has 1 aromatic rings. The number of carbonyl (C=O) groups is 1. The second kappa shape index (κ2) is 6.48. The van der Waals surface area contributed by atoms with Crippen molar-refractivity contribution in [2.75, 3.05) is 11.9 Å². The lowest BCUT2D eigenvalue weighted by molar-refractivity contribution is -0.118. The van der Waals surface area contributed by atoms with Gasteiger partial charge >= 0.3 is 5.69 Å². The summed E-state index contributed by atoms with van der Waals surface area (Å²) in [6.45, 7) is 2.85. The molecule has 1 aliphatic heterocycles. The molecule has 10 nitrogen and oxygen atoms in total. The molecule has 2 rings (SSSR count). The van der Waals surface area contributed by atoms with Crippen molar-refractivity contribution in [1.82, 2.24) is 14.5 Å². The van der Waals surface area contributed by atoms with Crippen LogP contribution in [0.2, 0.25) is 0 Å². The van der Waals surface area contributed by atoms with Crippen LogP contribution in [-0.4, -0.2) is 60.7 Å². The van der Waals surface area contributed by atoms with E-state index in [1.807, 2.05) is 0 Å². The molecule has 2 heterocycles. The fourth-order valence-corrected chi connectivity index (χ4v) is 1.94. The first-order chi connectivity index (χ1) is 10.3. The third-order valence-corrected chi connectivity index (χ3v) is 3.28. The van der Waals surface area contributed by atoms with Crippen molar-refractivity contribution in [3.05, 3.63) is 16.8 Å². The van der Waals surface area contributed by atoms with Gasteiger partial charge in [-0.3, -0.25) is 14.7 Å². The summed E-state index contributed by atoms with van der Waals surface area (Å²) in [7, 11) is 0. The average Bonchev–Trinajstić information content (AvgIpc) is 2.75. The lowest BCUT2D eigenvalue weighted by Gasteiger charge is -2.16. The molecule has 0 aliphatic carbocycles. The summed E-state index contributed by atoms with van der Waals surface area (Å²) in [5, 5.41) is 30.9. The number of aliphatic hydroxyl groups excluding tert-OH is 3. The third kappa shape index (κ3) is 3.14. The fraction of sp³-hybridized carbons (Fsp3) is 0.667. The number of hydrogen-bond acceptors (Lipinski definition) is 8. The molecule has 0 radical (unpaired) electrons. The second-order valence-corrected chi connectivity index (χ2v) is 5.24. The Hall–Kier alpha value is -1.88. The summed E-state index contributed by atoms with van der Waals surface area (Å²) < 4.78 is 6.09. The number of aliphatic hydroxyl groups is 3. The number of aromatic nitrogens is 3. The molecule has 122 valence electrons. The zero-order valence-electron chi connectivity index (χ0n) is 12.1. The number of ether oxygens (including phenoxy) is 1. The number of amides is 1. The van der Waals surface area contributed by atoms with Gasteiger partial charge in [-0.05, 0) is 0 Å². The number of nitrogens with one attached hydrogen (secondary N) is 1. The molecule has 1 aliphatic rings. The van der Waals surface area contributed by atoms with Crippen molar-refractivity contribution in [2.45, 2.75) is 38.4 Å². The van der Waals surface area contributed by atoms with E-state index >= 15 is 0 Å². The number of rotatable bonds is 4. The van der Waals surface area contributed by atoms with Crippen LogP contribution in [0.15, 0.2) is 11.1 Å². The quantitative estimate of drug-likeness (QED) is 0.491. The van der Waals surface area contributed by atoms with Gasteiger partial charge < -0.3 is 20.1 Å². The number of carbonyl (C=O) groups excluding carboxylic acids is 1. The Kier molecular flexibility index (Phi) is 4.86. The van der Waals surface area contributed by atoms with Crippen molar-refractivity contribution < 1.29 is 24.9 Å². The molecule has 22 heavy (non-hydrogen) atoms. The second-order valence-electron chi connectivity index (χ2n) is 5.24. The molecule has 1 amide bonds. The Morgan fingerprint density at radius 3 is 2.64 bits per heavy atom. The first kappa shape index (κ1) is 16.5. The first-order valence-corrected chi connectivity index (χ1v) is 6.73. The lowest BCUT2D eigenvalue weighted by Crippen LogP contribution is -2.36. The minimum Gasteiger partial charge on any atom is -0.394 e. The van der Waals surface area contributed by atoms with Gasteiger partial charge in [-0.2, -0.15) is 4.98 Å². The minimum atomic E-state index is -1.41. The molecule has 10 heteroatoms. The zero-order valence-corrected chi connectivity index (χ0v) is 12.1. The van der Waals surface area contributed by atoms with Gasteiger partial charge in [0.25, 0.3) is 0 Å². The maximum Gasteiger partial charge on any atom is 0.354 e. The van der Waals surface area contributed by atoms with Gasteiger partial charge in [0.1, 0.15) is 24.6 Å². The summed E-state index contributed by atoms with van der Waals surface area (Å²) in [5.41, 5.74) is -0.816. The van der Waals surface area contributed by atoms with E-state index in [4.69, 9.17) is 9.84 Å². The van der Waals surface area contributed by atoms with Crippen molar-refractivity contribution in [1.29, 1.82) is 0 Å². The Balaban J connectivity index is 2.20. The summed E-state index contributed by atoms with van der Waals surface area (Å²) in [6.07, 6.45) is -3.91. The topological polar surface area (TPSA) is 147 Å². The first-order valence-electron chi connectivity index (χ1n) is 6.73. The van der Waals surface area contributed by atoms with Gasteiger partial charge in [0.05, 0.1) is 6.61 Å². The number of anilines is 1. The van der Waals surface area contributed by atoms with Gasteiger partial charge in [0.2, 0.25) is 11.9 Å². The van der Waals surface area contributed by atoms with E-state index in [0.717, 1.165) is 10.9 Å². The minimum absolute atomic E-state index is 0.160. The summed E-state index contributed by atoms with van der Waals surface area (Å²) >= 11 is 0. The zero-order chi connectivity index (χ0) is 16.4. The number of nitrogens with zero attached hydrogens (tertiary/aromatic N) is 3. The Morgan fingerprint density at radius 2 is 2.14 bits per heavy atom. The van der Waals surface area contributed by atoms with Gasteiger partial charge in [0.15, 0.2) is 6.23 Å². The van der Waals surface area contributed by atoms with Crippen LogP contribution in [0.25, 0.3) is 0 Å². The SMILES string of the molecule is CC(C)C(=O)Nc1ncn([C@@H]2O[C@H](CO)C(O)C2O)c(=O)n1. The van der Waals surface area contributed by atoms with Gasteiger partial charge in [-0.15, -0.1) is 0 Å². The average molecular weight is 314 g/mol. The Morgan fingerprint density at radius 1 is 1.45 bits per heavy atom. The van der Waals surface area contributed by atoms with Crippen LogP contribution >= 0.6 is 0 Å². The van der Waals surface area contributed by atoms with Crippen LogP contribution in [0.1, 0.15) is 20.1 Å². The molecule has 0 saturated carbocycles. The lowest BCUT2D eigenvalue weighted by atomic mass is 10.1. The third-order valence-electron chi connectivity index (χ3n) is 3.28. The normalized spacial score (nSPS) is 28.1. The van der Waals surface area contributed by atoms with E-state index in [-0.39, 0.29) is 17.8 Å². The smallest absolute Gasteiger partial charge is 0.354 e. The summed E-state index contributed by atoms with van der Waals surface area (Å²) in [4.78, 5) is 30.8. The molecule has 4 N–H and O–H groups in total.